The lowest BCUT2D eigenvalue weighted by atomic mass is 10.1. The Morgan fingerprint density at radius 3 is 3.15 bits per heavy atom. The van der Waals surface area contributed by atoms with Gasteiger partial charge in [0.2, 0.25) is 5.88 Å². The average Bonchev–Trinajstić information content (AvgIpc) is 2.65. The Balaban J connectivity index is 1.95. The fourth-order valence-electron chi connectivity index (χ4n) is 2.61. The van der Waals surface area contributed by atoms with Gasteiger partial charge in [-0.25, -0.2) is 4.98 Å². The summed E-state index contributed by atoms with van der Waals surface area (Å²) in [6.45, 7) is 6.22. The first kappa shape index (κ1) is 13.3. The van der Waals surface area contributed by atoms with Gasteiger partial charge >= 0.3 is 0 Å². The molecular formula is C16H20N2O2. The summed E-state index contributed by atoms with van der Waals surface area (Å²) >= 11 is 0. The zero-order chi connectivity index (χ0) is 13.9. The maximum absolute atomic E-state index is 5.83. The molecule has 4 heteroatoms. The Hall–Kier alpha value is -1.65. The van der Waals surface area contributed by atoms with E-state index in [4.69, 9.17) is 14.5 Å². The largest absolute Gasteiger partial charge is 0.476 e. The summed E-state index contributed by atoms with van der Waals surface area (Å²) in [5.41, 5.74) is 3.39. The highest BCUT2D eigenvalue weighted by molar-refractivity contribution is 5.83. The van der Waals surface area contributed by atoms with Crippen LogP contribution in [0.4, 0.5) is 0 Å². The number of methoxy groups -OCH3 is 1. The number of pyridine rings is 1. The third-order valence-electron chi connectivity index (χ3n) is 3.74. The standard InChI is InChI=1S/C16H20N2O2/c1-12-4-3-5-13-10-14-11-18(6-8-19-2)7-9-20-16(14)17-15(12)13/h3-5,10H,6-9,11H2,1-2H3. The van der Waals surface area contributed by atoms with Gasteiger partial charge in [0.1, 0.15) is 6.61 Å². The Labute approximate surface area is 119 Å². The lowest BCUT2D eigenvalue weighted by Gasteiger charge is -2.18. The smallest absolute Gasteiger partial charge is 0.218 e. The number of aromatic nitrogens is 1. The molecule has 0 unspecified atom stereocenters. The van der Waals surface area contributed by atoms with Gasteiger partial charge in [-0.05, 0) is 18.6 Å². The zero-order valence-electron chi connectivity index (χ0n) is 12.1. The molecule has 1 aromatic heterocycles. The molecule has 2 heterocycles. The number of nitrogens with zero attached hydrogens (tertiary/aromatic N) is 2. The maximum atomic E-state index is 5.83. The van der Waals surface area contributed by atoms with Gasteiger partial charge in [-0.2, -0.15) is 0 Å². The van der Waals surface area contributed by atoms with Crippen LogP contribution in [0.15, 0.2) is 24.3 Å². The second kappa shape index (κ2) is 5.77. The van der Waals surface area contributed by atoms with Crippen molar-refractivity contribution in [2.45, 2.75) is 13.5 Å². The van der Waals surface area contributed by atoms with Crippen LogP contribution < -0.4 is 4.74 Å². The fraction of sp³-hybridized carbons (Fsp3) is 0.438. The van der Waals surface area contributed by atoms with Crippen LogP contribution in [0, 0.1) is 6.92 Å². The minimum atomic E-state index is 0.682. The third-order valence-corrected chi connectivity index (χ3v) is 3.74. The molecule has 106 valence electrons. The predicted octanol–water partition coefficient (Wildman–Crippen LogP) is 2.38. The van der Waals surface area contributed by atoms with E-state index in [1.54, 1.807) is 7.11 Å². The van der Waals surface area contributed by atoms with Crippen molar-refractivity contribution in [3.63, 3.8) is 0 Å². The highest BCUT2D eigenvalue weighted by Crippen LogP contribution is 2.27. The summed E-state index contributed by atoms with van der Waals surface area (Å²) < 4.78 is 11.0. The monoisotopic (exact) mass is 272 g/mol. The van der Waals surface area contributed by atoms with Crippen LogP contribution in [-0.4, -0.2) is 43.3 Å². The summed E-state index contributed by atoms with van der Waals surface area (Å²) in [6.07, 6.45) is 0. The van der Waals surface area contributed by atoms with Gasteiger partial charge in [0.25, 0.3) is 0 Å². The van der Waals surface area contributed by atoms with E-state index in [-0.39, 0.29) is 0 Å². The fourth-order valence-corrected chi connectivity index (χ4v) is 2.61. The molecule has 0 aliphatic carbocycles. The van der Waals surface area contributed by atoms with Gasteiger partial charge in [0, 0.05) is 37.7 Å². The van der Waals surface area contributed by atoms with E-state index in [0.717, 1.165) is 43.2 Å². The van der Waals surface area contributed by atoms with Crippen molar-refractivity contribution in [2.75, 3.05) is 33.4 Å². The molecule has 0 N–H and O–H groups in total. The van der Waals surface area contributed by atoms with E-state index in [9.17, 15) is 0 Å². The first-order valence-electron chi connectivity index (χ1n) is 7.01. The Morgan fingerprint density at radius 1 is 1.40 bits per heavy atom. The third kappa shape index (κ3) is 2.62. The number of aryl methyl sites for hydroxylation is 1. The van der Waals surface area contributed by atoms with Crippen LogP contribution in [0.3, 0.4) is 0 Å². The van der Waals surface area contributed by atoms with Gasteiger partial charge in [0.15, 0.2) is 0 Å². The number of ether oxygens (including phenoxy) is 2. The molecule has 1 aliphatic rings. The Morgan fingerprint density at radius 2 is 2.30 bits per heavy atom. The minimum absolute atomic E-state index is 0.682. The first-order valence-corrected chi connectivity index (χ1v) is 7.01. The number of para-hydroxylation sites is 1. The van der Waals surface area contributed by atoms with E-state index < -0.39 is 0 Å². The molecule has 0 atom stereocenters. The minimum Gasteiger partial charge on any atom is -0.476 e. The van der Waals surface area contributed by atoms with E-state index in [1.807, 2.05) is 0 Å². The quantitative estimate of drug-likeness (QED) is 0.859. The highest BCUT2D eigenvalue weighted by atomic mass is 16.5. The van der Waals surface area contributed by atoms with Crippen molar-refractivity contribution in [3.8, 4) is 5.88 Å². The molecule has 0 bridgehead atoms. The molecular weight excluding hydrogens is 252 g/mol. The summed E-state index contributed by atoms with van der Waals surface area (Å²) in [7, 11) is 1.74. The van der Waals surface area contributed by atoms with Gasteiger partial charge in [-0.15, -0.1) is 0 Å². The number of benzene rings is 1. The first-order chi connectivity index (χ1) is 9.78. The van der Waals surface area contributed by atoms with Crippen molar-refractivity contribution in [3.05, 3.63) is 35.4 Å². The van der Waals surface area contributed by atoms with Crippen LogP contribution in [0.1, 0.15) is 11.1 Å². The normalized spacial score (nSPS) is 15.7. The Bertz CT molecular complexity index is 613. The van der Waals surface area contributed by atoms with Crippen LogP contribution in [0.5, 0.6) is 5.88 Å². The molecule has 1 aliphatic heterocycles. The van der Waals surface area contributed by atoms with Crippen LogP contribution in [0.2, 0.25) is 0 Å². The molecule has 0 spiro atoms. The molecule has 0 amide bonds. The number of hydrogen-bond donors (Lipinski definition) is 0. The van der Waals surface area contributed by atoms with Crippen molar-refractivity contribution in [1.82, 2.24) is 9.88 Å². The molecule has 2 aromatic rings. The summed E-state index contributed by atoms with van der Waals surface area (Å²) in [5.74, 6) is 0.784. The van der Waals surface area contributed by atoms with Gasteiger partial charge in [-0.3, -0.25) is 4.90 Å². The zero-order valence-corrected chi connectivity index (χ0v) is 12.1. The van der Waals surface area contributed by atoms with Crippen LogP contribution in [-0.2, 0) is 11.3 Å². The predicted molar refractivity (Wildman–Crippen MR) is 79.1 cm³/mol. The number of hydrogen-bond acceptors (Lipinski definition) is 4. The number of fused-ring (bicyclic) bond motifs is 2. The lowest BCUT2D eigenvalue weighted by Crippen LogP contribution is -2.29. The second-order valence-corrected chi connectivity index (χ2v) is 5.22. The van der Waals surface area contributed by atoms with Gasteiger partial charge < -0.3 is 9.47 Å². The number of rotatable bonds is 3. The van der Waals surface area contributed by atoms with Crippen molar-refractivity contribution in [2.24, 2.45) is 0 Å². The maximum Gasteiger partial charge on any atom is 0.218 e. The van der Waals surface area contributed by atoms with E-state index in [1.165, 1.54) is 10.9 Å². The Kier molecular flexibility index (Phi) is 3.85. The molecule has 4 nitrogen and oxygen atoms in total. The molecule has 1 aromatic carbocycles. The van der Waals surface area contributed by atoms with E-state index >= 15 is 0 Å². The second-order valence-electron chi connectivity index (χ2n) is 5.22. The van der Waals surface area contributed by atoms with Crippen LogP contribution in [0.25, 0.3) is 10.9 Å². The lowest BCUT2D eigenvalue weighted by molar-refractivity contribution is 0.138. The molecule has 0 saturated heterocycles. The average molecular weight is 272 g/mol. The van der Waals surface area contributed by atoms with Crippen molar-refractivity contribution >= 4 is 10.9 Å². The highest BCUT2D eigenvalue weighted by Gasteiger charge is 2.17. The topological polar surface area (TPSA) is 34.6 Å². The summed E-state index contributed by atoms with van der Waals surface area (Å²) in [4.78, 5) is 7.06. The van der Waals surface area contributed by atoms with E-state index in [2.05, 4.69) is 36.1 Å². The van der Waals surface area contributed by atoms with Gasteiger partial charge in [-0.1, -0.05) is 18.2 Å². The molecule has 20 heavy (non-hydrogen) atoms. The van der Waals surface area contributed by atoms with Crippen molar-refractivity contribution in [1.29, 1.82) is 0 Å². The summed E-state index contributed by atoms with van der Waals surface area (Å²) in [6, 6.07) is 8.48. The summed E-state index contributed by atoms with van der Waals surface area (Å²) in [5, 5.41) is 1.18. The van der Waals surface area contributed by atoms with Gasteiger partial charge in [0.05, 0.1) is 12.1 Å². The molecule has 0 radical (unpaired) electrons. The molecule has 0 saturated carbocycles. The SMILES string of the molecule is COCCN1CCOc2nc3c(C)cccc3cc2C1. The van der Waals surface area contributed by atoms with E-state index in [0.29, 0.717) is 6.61 Å². The molecule has 0 fully saturated rings. The van der Waals surface area contributed by atoms with Crippen molar-refractivity contribution < 1.29 is 9.47 Å². The van der Waals surface area contributed by atoms with Crippen LogP contribution >= 0.6 is 0 Å². The molecule has 3 rings (SSSR count).